The van der Waals surface area contributed by atoms with Crippen LogP contribution in [0.5, 0.6) is 0 Å². The molecule has 2 amide bonds. The second-order valence-corrected chi connectivity index (χ2v) is 7.34. The molecule has 4 heterocycles. The zero-order valence-electron chi connectivity index (χ0n) is 15.5. The van der Waals surface area contributed by atoms with Crippen molar-refractivity contribution in [2.45, 2.75) is 45.1 Å². The first-order valence-corrected chi connectivity index (χ1v) is 8.89. The molecule has 11 nitrogen and oxygen atoms in total. The SMILES string of the molecule is CC(C)NC(=O)c1nnc2n1CC1(CCN(C(=O)c3ncn(C)n3)C1)OC2. The van der Waals surface area contributed by atoms with Crippen LogP contribution in [0.15, 0.2) is 6.33 Å². The molecule has 2 aliphatic rings. The van der Waals surface area contributed by atoms with Crippen molar-refractivity contribution in [3.05, 3.63) is 23.8 Å². The third-order valence-corrected chi connectivity index (χ3v) is 4.80. The van der Waals surface area contributed by atoms with Crippen LogP contribution in [0.4, 0.5) is 0 Å². The largest absolute Gasteiger partial charge is 0.363 e. The van der Waals surface area contributed by atoms with Gasteiger partial charge in [-0.2, -0.15) is 0 Å². The predicted octanol–water partition coefficient (Wildman–Crippen LogP) is -0.640. The summed E-state index contributed by atoms with van der Waals surface area (Å²) in [5.41, 5.74) is -0.563. The number of nitrogens with zero attached hydrogens (tertiary/aromatic N) is 7. The summed E-state index contributed by atoms with van der Waals surface area (Å²) in [5.74, 6) is 0.586. The van der Waals surface area contributed by atoms with Crippen LogP contribution in [0.2, 0.25) is 0 Å². The smallest absolute Gasteiger partial charge is 0.293 e. The van der Waals surface area contributed by atoms with Gasteiger partial charge < -0.3 is 19.5 Å². The van der Waals surface area contributed by atoms with Crippen molar-refractivity contribution < 1.29 is 14.3 Å². The van der Waals surface area contributed by atoms with Crippen LogP contribution in [0.1, 0.15) is 47.3 Å². The number of fused-ring (bicyclic) bond motifs is 1. The lowest BCUT2D eigenvalue weighted by Gasteiger charge is -2.34. The molecule has 2 aromatic rings. The van der Waals surface area contributed by atoms with E-state index in [0.29, 0.717) is 31.9 Å². The maximum Gasteiger partial charge on any atom is 0.293 e. The first-order chi connectivity index (χ1) is 12.9. The average molecular weight is 374 g/mol. The molecule has 1 saturated heterocycles. The van der Waals surface area contributed by atoms with Crippen molar-refractivity contribution in [1.29, 1.82) is 0 Å². The number of rotatable bonds is 3. The number of nitrogens with one attached hydrogen (secondary N) is 1. The molecule has 11 heteroatoms. The van der Waals surface area contributed by atoms with E-state index in [1.54, 1.807) is 16.5 Å². The van der Waals surface area contributed by atoms with Crippen LogP contribution in [0.3, 0.4) is 0 Å². The number of likely N-dealkylation sites (tertiary alicyclic amines) is 1. The van der Waals surface area contributed by atoms with Gasteiger partial charge in [0.25, 0.3) is 11.8 Å². The van der Waals surface area contributed by atoms with Gasteiger partial charge in [-0.05, 0) is 20.3 Å². The Balaban J connectivity index is 1.52. The van der Waals surface area contributed by atoms with Gasteiger partial charge in [0.15, 0.2) is 5.82 Å². The summed E-state index contributed by atoms with van der Waals surface area (Å²) in [6.07, 6.45) is 2.16. The third-order valence-electron chi connectivity index (χ3n) is 4.80. The highest BCUT2D eigenvalue weighted by atomic mass is 16.5. The van der Waals surface area contributed by atoms with E-state index in [1.165, 1.54) is 11.0 Å². The molecule has 1 fully saturated rings. The van der Waals surface area contributed by atoms with E-state index in [9.17, 15) is 9.59 Å². The molecule has 0 bridgehead atoms. The lowest BCUT2D eigenvalue weighted by Crippen LogP contribution is -2.46. The second-order valence-electron chi connectivity index (χ2n) is 7.34. The van der Waals surface area contributed by atoms with Gasteiger partial charge in [-0.25, -0.2) is 4.98 Å². The number of aryl methyl sites for hydroxylation is 1. The van der Waals surface area contributed by atoms with Gasteiger partial charge in [-0.3, -0.25) is 14.3 Å². The van der Waals surface area contributed by atoms with E-state index in [1.807, 2.05) is 13.8 Å². The first-order valence-electron chi connectivity index (χ1n) is 8.89. The zero-order chi connectivity index (χ0) is 19.2. The summed E-state index contributed by atoms with van der Waals surface area (Å²) in [7, 11) is 1.72. The van der Waals surface area contributed by atoms with Gasteiger partial charge in [0.2, 0.25) is 11.6 Å². The molecule has 1 atom stereocenters. The molecular formula is C16H22N8O3. The van der Waals surface area contributed by atoms with E-state index >= 15 is 0 Å². The molecule has 0 radical (unpaired) electrons. The molecule has 0 aromatic carbocycles. The highest BCUT2D eigenvalue weighted by Gasteiger charge is 2.45. The minimum Gasteiger partial charge on any atom is -0.363 e. The van der Waals surface area contributed by atoms with Crippen LogP contribution in [0.25, 0.3) is 0 Å². The molecular weight excluding hydrogens is 352 g/mol. The summed E-state index contributed by atoms with van der Waals surface area (Å²) < 4.78 is 9.35. The van der Waals surface area contributed by atoms with E-state index < -0.39 is 5.60 Å². The molecule has 4 rings (SSSR count). The van der Waals surface area contributed by atoms with Crippen LogP contribution in [0, 0.1) is 0 Å². The van der Waals surface area contributed by atoms with Gasteiger partial charge in [0, 0.05) is 19.6 Å². The average Bonchev–Trinajstić information content (AvgIpc) is 3.32. The maximum atomic E-state index is 12.6. The Hall–Kier alpha value is -2.82. The summed E-state index contributed by atoms with van der Waals surface area (Å²) in [6.45, 7) is 5.42. The van der Waals surface area contributed by atoms with Gasteiger partial charge in [0.1, 0.15) is 18.5 Å². The van der Waals surface area contributed by atoms with E-state index in [4.69, 9.17) is 4.74 Å². The molecule has 1 spiro atoms. The van der Waals surface area contributed by atoms with Crippen molar-refractivity contribution in [1.82, 2.24) is 39.7 Å². The number of amides is 2. The van der Waals surface area contributed by atoms with E-state index in [-0.39, 0.29) is 36.1 Å². The number of ether oxygens (including phenoxy) is 1. The number of carbonyl (C=O) groups is 2. The Kier molecular flexibility index (Phi) is 4.17. The number of aromatic nitrogens is 6. The maximum absolute atomic E-state index is 12.6. The molecule has 0 saturated carbocycles. The first kappa shape index (κ1) is 17.6. The molecule has 2 aromatic heterocycles. The van der Waals surface area contributed by atoms with Gasteiger partial charge >= 0.3 is 0 Å². The van der Waals surface area contributed by atoms with Crippen molar-refractivity contribution in [2.24, 2.45) is 7.05 Å². The van der Waals surface area contributed by atoms with Crippen LogP contribution >= 0.6 is 0 Å². The quantitative estimate of drug-likeness (QED) is 0.759. The Bertz CT molecular complexity index is 888. The number of hydrogen-bond acceptors (Lipinski definition) is 7. The van der Waals surface area contributed by atoms with Gasteiger partial charge in [0.05, 0.1) is 13.1 Å². The lowest BCUT2D eigenvalue weighted by atomic mass is 10.0. The molecule has 0 aliphatic carbocycles. The van der Waals surface area contributed by atoms with E-state index in [0.717, 1.165) is 0 Å². The molecule has 1 N–H and O–H groups in total. The summed E-state index contributed by atoms with van der Waals surface area (Å²) in [5, 5.41) is 15.0. The molecule has 27 heavy (non-hydrogen) atoms. The molecule has 144 valence electrons. The fourth-order valence-corrected chi connectivity index (χ4v) is 3.50. The standard InChI is InChI=1S/C16H22N8O3/c1-10(2)18-14(25)13-20-19-11-6-27-16(8-24(11)13)4-5-23(7-16)15(26)12-17-9-22(3)21-12/h9-10H,4-8H2,1-3H3,(H,18,25). The second kappa shape index (κ2) is 6.41. The zero-order valence-corrected chi connectivity index (χ0v) is 15.5. The minimum atomic E-state index is -0.563. The normalized spacial score (nSPS) is 21.7. The monoisotopic (exact) mass is 374 g/mol. The minimum absolute atomic E-state index is 0.00437. The van der Waals surface area contributed by atoms with Crippen LogP contribution in [-0.4, -0.2) is 71.0 Å². The van der Waals surface area contributed by atoms with E-state index in [2.05, 4.69) is 25.6 Å². The van der Waals surface area contributed by atoms with Gasteiger partial charge in [-0.15, -0.1) is 15.3 Å². The van der Waals surface area contributed by atoms with Crippen molar-refractivity contribution in [3.8, 4) is 0 Å². The number of carbonyl (C=O) groups excluding carboxylic acids is 2. The molecule has 1 unspecified atom stereocenters. The third kappa shape index (κ3) is 3.18. The summed E-state index contributed by atoms with van der Waals surface area (Å²) in [6, 6.07) is 0.00437. The Morgan fingerprint density at radius 3 is 2.81 bits per heavy atom. The molecule has 2 aliphatic heterocycles. The topological polar surface area (TPSA) is 120 Å². The number of hydrogen-bond donors (Lipinski definition) is 1. The lowest BCUT2D eigenvalue weighted by molar-refractivity contribution is -0.0812. The van der Waals surface area contributed by atoms with Gasteiger partial charge in [-0.1, -0.05) is 0 Å². The fourth-order valence-electron chi connectivity index (χ4n) is 3.50. The Labute approximate surface area is 155 Å². The highest BCUT2D eigenvalue weighted by Crippen LogP contribution is 2.33. The Morgan fingerprint density at radius 2 is 2.11 bits per heavy atom. The highest BCUT2D eigenvalue weighted by molar-refractivity contribution is 5.91. The Morgan fingerprint density at radius 1 is 1.30 bits per heavy atom. The summed E-state index contributed by atoms with van der Waals surface area (Å²) >= 11 is 0. The van der Waals surface area contributed by atoms with Crippen molar-refractivity contribution >= 4 is 11.8 Å². The summed E-state index contributed by atoms with van der Waals surface area (Å²) in [4.78, 5) is 30.7. The van der Waals surface area contributed by atoms with Crippen molar-refractivity contribution in [2.75, 3.05) is 13.1 Å². The van der Waals surface area contributed by atoms with Crippen molar-refractivity contribution in [3.63, 3.8) is 0 Å². The fraction of sp³-hybridized carbons (Fsp3) is 0.625. The van der Waals surface area contributed by atoms with Crippen LogP contribution < -0.4 is 5.32 Å². The predicted molar refractivity (Wildman–Crippen MR) is 91.7 cm³/mol. The van der Waals surface area contributed by atoms with Crippen LogP contribution in [-0.2, 0) is 24.9 Å².